The summed E-state index contributed by atoms with van der Waals surface area (Å²) >= 11 is 1.44. The van der Waals surface area contributed by atoms with Crippen LogP contribution in [-0.4, -0.2) is 23.0 Å². The van der Waals surface area contributed by atoms with Gasteiger partial charge in [0.1, 0.15) is 0 Å². The molecule has 2 N–H and O–H groups in total. The fourth-order valence-electron chi connectivity index (χ4n) is 2.76. The zero-order chi connectivity index (χ0) is 14.1. The molecule has 1 fully saturated rings. The second-order valence-corrected chi connectivity index (χ2v) is 6.19. The number of aliphatic carboxylic acids is 1. The van der Waals surface area contributed by atoms with E-state index in [0.29, 0.717) is 11.3 Å². The van der Waals surface area contributed by atoms with Crippen molar-refractivity contribution in [2.75, 3.05) is 0 Å². The average molecular weight is 289 g/mol. The molecule has 3 rings (SSSR count). The van der Waals surface area contributed by atoms with Crippen molar-refractivity contribution in [3.63, 3.8) is 0 Å². The van der Waals surface area contributed by atoms with Crippen LogP contribution in [0.1, 0.15) is 28.9 Å². The van der Waals surface area contributed by atoms with Crippen LogP contribution in [0.2, 0.25) is 0 Å². The molecule has 1 aromatic carbocycles. The number of amides is 1. The summed E-state index contributed by atoms with van der Waals surface area (Å²) in [5, 5.41) is 13.1. The number of carboxylic acids is 1. The van der Waals surface area contributed by atoms with Crippen molar-refractivity contribution in [1.82, 2.24) is 5.32 Å². The zero-order valence-electron chi connectivity index (χ0n) is 10.8. The highest BCUT2D eigenvalue weighted by atomic mass is 32.1. The van der Waals surface area contributed by atoms with Crippen molar-refractivity contribution in [2.24, 2.45) is 5.92 Å². The monoisotopic (exact) mass is 289 g/mol. The van der Waals surface area contributed by atoms with Crippen molar-refractivity contribution >= 4 is 33.3 Å². The van der Waals surface area contributed by atoms with Gasteiger partial charge in [-0.15, -0.1) is 11.3 Å². The van der Waals surface area contributed by atoms with E-state index in [1.807, 2.05) is 30.3 Å². The molecule has 1 aliphatic carbocycles. The minimum absolute atomic E-state index is 0.163. The van der Waals surface area contributed by atoms with Gasteiger partial charge >= 0.3 is 5.97 Å². The highest BCUT2D eigenvalue weighted by Crippen LogP contribution is 2.28. The summed E-state index contributed by atoms with van der Waals surface area (Å²) in [6.45, 7) is 0. The van der Waals surface area contributed by atoms with Crippen LogP contribution in [0.4, 0.5) is 0 Å². The summed E-state index contributed by atoms with van der Waals surface area (Å²) in [6, 6.07) is 9.45. The van der Waals surface area contributed by atoms with E-state index in [-0.39, 0.29) is 11.9 Å². The molecular formula is C15H15NO3S. The van der Waals surface area contributed by atoms with Gasteiger partial charge in [-0.05, 0) is 30.4 Å². The number of carbonyl (C=O) groups excluding carboxylic acids is 1. The predicted molar refractivity (Wildman–Crippen MR) is 78.1 cm³/mol. The third-order valence-corrected chi connectivity index (χ3v) is 4.91. The van der Waals surface area contributed by atoms with Crippen LogP contribution in [0.5, 0.6) is 0 Å². The fourth-order valence-corrected chi connectivity index (χ4v) is 3.73. The maximum absolute atomic E-state index is 12.2. The van der Waals surface area contributed by atoms with Gasteiger partial charge in [0.2, 0.25) is 0 Å². The molecule has 104 valence electrons. The fraction of sp³-hybridized carbons (Fsp3) is 0.333. The summed E-state index contributed by atoms with van der Waals surface area (Å²) in [5.74, 6) is -1.43. The van der Waals surface area contributed by atoms with Gasteiger partial charge in [0.25, 0.3) is 5.91 Å². The number of benzene rings is 1. The van der Waals surface area contributed by atoms with E-state index in [0.717, 1.165) is 22.9 Å². The second kappa shape index (κ2) is 5.25. The molecule has 1 amide bonds. The second-order valence-electron chi connectivity index (χ2n) is 5.10. The molecule has 1 saturated carbocycles. The molecule has 0 aliphatic heterocycles. The lowest BCUT2D eigenvalue weighted by molar-refractivity contribution is -0.142. The van der Waals surface area contributed by atoms with E-state index in [2.05, 4.69) is 5.32 Å². The number of nitrogens with one attached hydrogen (secondary N) is 1. The van der Waals surface area contributed by atoms with Gasteiger partial charge in [-0.2, -0.15) is 0 Å². The minimum Gasteiger partial charge on any atom is -0.481 e. The van der Waals surface area contributed by atoms with Crippen molar-refractivity contribution in [2.45, 2.75) is 25.3 Å². The van der Waals surface area contributed by atoms with Gasteiger partial charge in [0.15, 0.2) is 0 Å². The van der Waals surface area contributed by atoms with Crippen LogP contribution in [0.15, 0.2) is 30.3 Å². The molecule has 2 unspecified atom stereocenters. The van der Waals surface area contributed by atoms with Gasteiger partial charge in [-0.3, -0.25) is 9.59 Å². The Hall–Kier alpha value is -1.88. The van der Waals surface area contributed by atoms with E-state index in [4.69, 9.17) is 5.11 Å². The molecule has 1 aliphatic rings. The summed E-state index contributed by atoms with van der Waals surface area (Å²) in [7, 11) is 0. The molecule has 0 bridgehead atoms. The van der Waals surface area contributed by atoms with Gasteiger partial charge < -0.3 is 10.4 Å². The first-order valence-corrected chi connectivity index (χ1v) is 7.49. The van der Waals surface area contributed by atoms with E-state index in [9.17, 15) is 9.59 Å². The molecule has 4 nitrogen and oxygen atoms in total. The molecule has 1 heterocycles. The van der Waals surface area contributed by atoms with Crippen LogP contribution < -0.4 is 5.32 Å². The summed E-state index contributed by atoms with van der Waals surface area (Å²) in [6.07, 6.45) is 2.24. The maximum atomic E-state index is 12.2. The molecule has 5 heteroatoms. The largest absolute Gasteiger partial charge is 0.481 e. The first-order valence-electron chi connectivity index (χ1n) is 6.67. The molecule has 2 atom stereocenters. The number of carboxylic acid groups (broad SMARTS) is 1. The maximum Gasteiger partial charge on any atom is 0.308 e. The smallest absolute Gasteiger partial charge is 0.308 e. The Bertz CT molecular complexity index is 631. The lowest BCUT2D eigenvalue weighted by Gasteiger charge is -2.16. The van der Waals surface area contributed by atoms with E-state index < -0.39 is 11.9 Å². The minimum atomic E-state index is -0.816. The highest BCUT2D eigenvalue weighted by molar-refractivity contribution is 7.20. The Morgan fingerprint density at radius 3 is 2.80 bits per heavy atom. The van der Waals surface area contributed by atoms with Crippen molar-refractivity contribution in [1.29, 1.82) is 0 Å². The molecular weight excluding hydrogens is 274 g/mol. The van der Waals surface area contributed by atoms with Gasteiger partial charge in [-0.25, -0.2) is 0 Å². The van der Waals surface area contributed by atoms with Gasteiger partial charge in [0.05, 0.1) is 10.8 Å². The van der Waals surface area contributed by atoms with E-state index in [1.165, 1.54) is 11.3 Å². The van der Waals surface area contributed by atoms with Gasteiger partial charge in [0, 0.05) is 10.7 Å². The first kappa shape index (κ1) is 13.1. The van der Waals surface area contributed by atoms with Crippen LogP contribution in [0.3, 0.4) is 0 Å². The number of thiophene rings is 1. The first-order chi connectivity index (χ1) is 9.65. The average Bonchev–Trinajstić information content (AvgIpc) is 3.03. The standard InChI is InChI=1S/C15H15NO3S/c17-14(16-11-6-3-5-10(11)15(18)19)13-8-9-4-1-2-7-12(9)20-13/h1-2,4,7-8,10-11H,3,5-6H2,(H,16,17)(H,18,19). The Morgan fingerprint density at radius 1 is 1.25 bits per heavy atom. The van der Waals surface area contributed by atoms with Gasteiger partial charge in [-0.1, -0.05) is 24.6 Å². The summed E-state index contributed by atoms with van der Waals surface area (Å²) < 4.78 is 1.07. The zero-order valence-corrected chi connectivity index (χ0v) is 11.7. The third kappa shape index (κ3) is 2.41. The molecule has 2 aromatic rings. The summed E-state index contributed by atoms with van der Waals surface area (Å²) in [5.41, 5.74) is 0. The SMILES string of the molecule is O=C(NC1CCCC1C(=O)O)c1cc2ccccc2s1. The summed E-state index contributed by atoms with van der Waals surface area (Å²) in [4.78, 5) is 24.0. The quantitative estimate of drug-likeness (QED) is 0.913. The Morgan fingerprint density at radius 2 is 2.05 bits per heavy atom. The predicted octanol–water partition coefficient (Wildman–Crippen LogP) is 2.88. The van der Waals surface area contributed by atoms with Crippen molar-refractivity contribution < 1.29 is 14.7 Å². The van der Waals surface area contributed by atoms with E-state index in [1.54, 1.807) is 0 Å². The van der Waals surface area contributed by atoms with Crippen LogP contribution >= 0.6 is 11.3 Å². The molecule has 0 saturated heterocycles. The topological polar surface area (TPSA) is 66.4 Å². The third-order valence-electron chi connectivity index (χ3n) is 3.80. The molecule has 20 heavy (non-hydrogen) atoms. The Kier molecular flexibility index (Phi) is 3.44. The Labute approximate surface area is 120 Å². The Balaban J connectivity index is 1.77. The number of hydrogen-bond acceptors (Lipinski definition) is 3. The van der Waals surface area contributed by atoms with Crippen LogP contribution in [-0.2, 0) is 4.79 Å². The lowest BCUT2D eigenvalue weighted by Crippen LogP contribution is -2.39. The normalized spacial score (nSPS) is 22.0. The van der Waals surface area contributed by atoms with Crippen LogP contribution in [0, 0.1) is 5.92 Å². The highest BCUT2D eigenvalue weighted by Gasteiger charge is 2.34. The van der Waals surface area contributed by atoms with Crippen LogP contribution in [0.25, 0.3) is 10.1 Å². The molecule has 0 radical (unpaired) electrons. The van der Waals surface area contributed by atoms with E-state index >= 15 is 0 Å². The number of rotatable bonds is 3. The number of hydrogen-bond donors (Lipinski definition) is 2. The number of fused-ring (bicyclic) bond motifs is 1. The lowest BCUT2D eigenvalue weighted by atomic mass is 10.0. The molecule has 0 spiro atoms. The number of carbonyl (C=O) groups is 2. The van der Waals surface area contributed by atoms with Crippen molar-refractivity contribution in [3.8, 4) is 0 Å². The van der Waals surface area contributed by atoms with Crippen molar-refractivity contribution in [3.05, 3.63) is 35.2 Å². The molecule has 1 aromatic heterocycles.